The zero-order chi connectivity index (χ0) is 21.8. The van der Waals surface area contributed by atoms with Crippen molar-refractivity contribution < 1.29 is 14.4 Å². The molecule has 4 amide bonds. The number of benzene rings is 2. The topological polar surface area (TPSA) is 102 Å². The van der Waals surface area contributed by atoms with Gasteiger partial charge in [0.05, 0.1) is 5.56 Å². The molecule has 2 heterocycles. The van der Waals surface area contributed by atoms with E-state index in [9.17, 15) is 14.4 Å². The van der Waals surface area contributed by atoms with Gasteiger partial charge >= 0.3 is 6.03 Å². The summed E-state index contributed by atoms with van der Waals surface area (Å²) in [5.41, 5.74) is 0.549. The van der Waals surface area contributed by atoms with Gasteiger partial charge in [-0.15, -0.1) is 11.3 Å². The Balaban J connectivity index is 1.61. The van der Waals surface area contributed by atoms with Crippen LogP contribution in [0, 0.1) is 11.3 Å². The number of nitriles is 1. The third-order valence-electron chi connectivity index (χ3n) is 5.09. The Morgan fingerprint density at radius 3 is 2.42 bits per heavy atom. The SMILES string of the molecule is N#Cc1ccsc1NC(=O)CN1C(=O)N[C@@](Cc2ccccc2)(c2ccccc2)C1=O. The molecule has 1 aliphatic heterocycles. The zero-order valence-corrected chi connectivity index (χ0v) is 17.2. The van der Waals surface area contributed by atoms with E-state index in [1.54, 1.807) is 35.7 Å². The van der Waals surface area contributed by atoms with E-state index in [-0.39, 0.29) is 6.42 Å². The summed E-state index contributed by atoms with van der Waals surface area (Å²) in [5.74, 6) is -1.04. The van der Waals surface area contributed by atoms with E-state index in [0.29, 0.717) is 16.1 Å². The smallest absolute Gasteiger partial charge is 0.319 e. The predicted octanol–water partition coefficient (Wildman–Crippen LogP) is 3.25. The van der Waals surface area contributed by atoms with Crippen LogP contribution < -0.4 is 10.6 Å². The van der Waals surface area contributed by atoms with Crippen molar-refractivity contribution in [3.63, 3.8) is 0 Å². The minimum Gasteiger partial charge on any atom is -0.319 e. The van der Waals surface area contributed by atoms with E-state index in [0.717, 1.165) is 10.5 Å². The summed E-state index contributed by atoms with van der Waals surface area (Å²) < 4.78 is 0. The minimum atomic E-state index is -1.30. The van der Waals surface area contributed by atoms with Crippen molar-refractivity contribution in [1.29, 1.82) is 5.26 Å². The van der Waals surface area contributed by atoms with Crippen molar-refractivity contribution >= 4 is 34.2 Å². The molecule has 0 spiro atoms. The van der Waals surface area contributed by atoms with Crippen LogP contribution in [0.3, 0.4) is 0 Å². The van der Waals surface area contributed by atoms with Crippen LogP contribution in [0.5, 0.6) is 0 Å². The Morgan fingerprint density at radius 2 is 1.74 bits per heavy atom. The number of hydrogen-bond donors (Lipinski definition) is 2. The van der Waals surface area contributed by atoms with Gasteiger partial charge in [0.2, 0.25) is 5.91 Å². The molecule has 0 radical (unpaired) electrons. The van der Waals surface area contributed by atoms with Crippen molar-refractivity contribution in [2.75, 3.05) is 11.9 Å². The van der Waals surface area contributed by atoms with Crippen LogP contribution in [0.1, 0.15) is 16.7 Å². The van der Waals surface area contributed by atoms with E-state index in [1.807, 2.05) is 42.5 Å². The summed E-state index contributed by atoms with van der Waals surface area (Å²) in [7, 11) is 0. The van der Waals surface area contributed by atoms with Gasteiger partial charge in [0, 0.05) is 6.42 Å². The Hall–Kier alpha value is -3.96. The maximum atomic E-state index is 13.5. The van der Waals surface area contributed by atoms with Crippen LogP contribution in [0.25, 0.3) is 0 Å². The second kappa shape index (κ2) is 8.42. The van der Waals surface area contributed by atoms with Gasteiger partial charge in [0.15, 0.2) is 5.54 Å². The third kappa shape index (κ3) is 3.91. The van der Waals surface area contributed by atoms with Crippen molar-refractivity contribution in [2.45, 2.75) is 12.0 Å². The van der Waals surface area contributed by atoms with Crippen molar-refractivity contribution in [1.82, 2.24) is 10.2 Å². The minimum absolute atomic E-state index is 0.254. The van der Waals surface area contributed by atoms with Crippen molar-refractivity contribution in [3.8, 4) is 6.07 Å². The fraction of sp³-hybridized carbons (Fsp3) is 0.130. The first-order valence-electron chi connectivity index (χ1n) is 9.54. The Labute approximate surface area is 182 Å². The van der Waals surface area contributed by atoms with Gasteiger partial charge in [-0.05, 0) is 22.6 Å². The fourth-order valence-corrected chi connectivity index (χ4v) is 4.37. The number of imide groups is 1. The quantitative estimate of drug-likeness (QED) is 0.586. The maximum absolute atomic E-state index is 13.5. The largest absolute Gasteiger partial charge is 0.325 e. The molecule has 3 aromatic rings. The molecule has 2 N–H and O–H groups in total. The normalized spacial score (nSPS) is 17.8. The lowest BCUT2D eigenvalue weighted by molar-refractivity contribution is -0.134. The number of rotatable bonds is 6. The number of amides is 4. The number of nitrogens with zero attached hydrogens (tertiary/aromatic N) is 2. The average molecular weight is 430 g/mol. The predicted molar refractivity (Wildman–Crippen MR) is 116 cm³/mol. The van der Waals surface area contributed by atoms with E-state index in [4.69, 9.17) is 5.26 Å². The Kier molecular flexibility index (Phi) is 5.52. The lowest BCUT2D eigenvalue weighted by atomic mass is 9.83. The highest BCUT2D eigenvalue weighted by atomic mass is 32.1. The zero-order valence-electron chi connectivity index (χ0n) is 16.4. The first-order chi connectivity index (χ1) is 15.0. The molecule has 0 aliphatic carbocycles. The number of anilines is 1. The van der Waals surface area contributed by atoms with Crippen LogP contribution in [0.2, 0.25) is 0 Å². The van der Waals surface area contributed by atoms with Crippen LogP contribution in [-0.4, -0.2) is 29.3 Å². The molecule has 0 bridgehead atoms. The standard InChI is InChI=1S/C23H18N4O3S/c24-14-17-11-12-31-20(17)25-19(28)15-27-21(29)23(26-22(27)30,18-9-5-2-6-10-18)13-16-7-3-1-4-8-16/h1-12H,13,15H2,(H,25,28)(H,26,30)/t23-/m0/s1. The van der Waals surface area contributed by atoms with Gasteiger partial charge in [0.25, 0.3) is 5.91 Å². The third-order valence-corrected chi connectivity index (χ3v) is 5.92. The fourth-order valence-electron chi connectivity index (χ4n) is 3.62. The number of urea groups is 1. The number of carbonyl (C=O) groups is 3. The summed E-state index contributed by atoms with van der Waals surface area (Å²) in [6, 6.07) is 21.4. The Morgan fingerprint density at radius 1 is 1.06 bits per heavy atom. The molecular weight excluding hydrogens is 412 g/mol. The van der Waals surface area contributed by atoms with Crippen LogP contribution >= 0.6 is 11.3 Å². The van der Waals surface area contributed by atoms with Gasteiger partial charge in [-0.3, -0.25) is 14.5 Å². The van der Waals surface area contributed by atoms with Crippen LogP contribution in [-0.2, 0) is 21.5 Å². The summed E-state index contributed by atoms with van der Waals surface area (Å²) in [5, 5.41) is 16.6. The highest BCUT2D eigenvalue weighted by molar-refractivity contribution is 7.14. The second-order valence-electron chi connectivity index (χ2n) is 7.08. The van der Waals surface area contributed by atoms with Gasteiger partial charge in [0.1, 0.15) is 17.6 Å². The van der Waals surface area contributed by atoms with Crippen LogP contribution in [0.15, 0.2) is 72.1 Å². The Bertz CT molecular complexity index is 1170. The van der Waals surface area contributed by atoms with E-state index < -0.39 is 29.9 Å². The number of hydrogen-bond acceptors (Lipinski definition) is 5. The first-order valence-corrected chi connectivity index (χ1v) is 10.4. The average Bonchev–Trinajstić information content (AvgIpc) is 3.33. The highest BCUT2D eigenvalue weighted by Gasteiger charge is 2.52. The van der Waals surface area contributed by atoms with Gasteiger partial charge in [-0.25, -0.2) is 4.79 Å². The van der Waals surface area contributed by atoms with E-state index >= 15 is 0 Å². The van der Waals surface area contributed by atoms with Gasteiger partial charge in [-0.1, -0.05) is 60.7 Å². The molecule has 1 saturated heterocycles. The molecule has 1 atom stereocenters. The molecule has 1 aromatic heterocycles. The monoisotopic (exact) mass is 430 g/mol. The molecule has 1 aliphatic rings. The van der Waals surface area contributed by atoms with Crippen molar-refractivity contribution in [3.05, 3.63) is 88.8 Å². The summed E-state index contributed by atoms with van der Waals surface area (Å²) in [6.45, 7) is -0.448. The van der Waals surface area contributed by atoms with Crippen LogP contribution in [0.4, 0.5) is 9.80 Å². The molecule has 2 aromatic carbocycles. The first kappa shape index (κ1) is 20.3. The molecule has 7 nitrogen and oxygen atoms in total. The summed E-state index contributed by atoms with van der Waals surface area (Å²) in [6.07, 6.45) is 0.254. The summed E-state index contributed by atoms with van der Waals surface area (Å²) >= 11 is 1.20. The molecule has 1 fully saturated rings. The molecule has 4 rings (SSSR count). The van der Waals surface area contributed by atoms with Crippen molar-refractivity contribution in [2.24, 2.45) is 0 Å². The van der Waals surface area contributed by atoms with E-state index in [2.05, 4.69) is 10.6 Å². The van der Waals surface area contributed by atoms with Gasteiger partial charge < -0.3 is 10.6 Å². The molecule has 154 valence electrons. The molecule has 0 unspecified atom stereocenters. The molecule has 31 heavy (non-hydrogen) atoms. The number of carbonyl (C=O) groups excluding carboxylic acids is 3. The number of thiophene rings is 1. The molecule has 8 heteroatoms. The highest BCUT2D eigenvalue weighted by Crippen LogP contribution is 2.33. The van der Waals surface area contributed by atoms with E-state index in [1.165, 1.54) is 11.3 Å². The van der Waals surface area contributed by atoms with Gasteiger partial charge in [-0.2, -0.15) is 5.26 Å². The summed E-state index contributed by atoms with van der Waals surface area (Å²) in [4.78, 5) is 39.8. The lowest BCUT2D eigenvalue weighted by Gasteiger charge is -2.27. The molecular formula is C23H18N4O3S. The number of nitrogens with one attached hydrogen (secondary N) is 2. The molecule has 0 saturated carbocycles. The lowest BCUT2D eigenvalue weighted by Crippen LogP contribution is -2.46. The maximum Gasteiger partial charge on any atom is 0.325 e. The second-order valence-corrected chi connectivity index (χ2v) is 7.99.